The van der Waals surface area contributed by atoms with Crippen molar-refractivity contribution < 1.29 is 0 Å². The lowest BCUT2D eigenvalue weighted by molar-refractivity contribution is 0.681. The number of hydrogen-bond donors (Lipinski definition) is 1. The van der Waals surface area contributed by atoms with E-state index >= 15 is 0 Å². The first-order valence-electron chi connectivity index (χ1n) is 6.44. The van der Waals surface area contributed by atoms with Gasteiger partial charge in [0.1, 0.15) is 0 Å². The Hall–Kier alpha value is -1.68. The van der Waals surface area contributed by atoms with Gasteiger partial charge in [-0.1, -0.05) is 6.07 Å². The molecule has 4 heteroatoms. The van der Waals surface area contributed by atoms with Crippen LogP contribution in [0.5, 0.6) is 0 Å². The Bertz CT molecular complexity index is 555. The molecule has 0 aliphatic heterocycles. The summed E-state index contributed by atoms with van der Waals surface area (Å²) in [6.07, 6.45) is 6.47. The van der Waals surface area contributed by atoms with Crippen molar-refractivity contribution in [2.24, 2.45) is 0 Å². The van der Waals surface area contributed by atoms with Gasteiger partial charge in [0.2, 0.25) is 0 Å². The molecule has 4 nitrogen and oxygen atoms in total. The SMILES string of the molecule is Cc1cnn(-c2ccc(CNC3CC3)c(C)n2)c1. The minimum absolute atomic E-state index is 0.734. The zero-order valence-electron chi connectivity index (χ0n) is 10.8. The van der Waals surface area contributed by atoms with Crippen molar-refractivity contribution in [1.82, 2.24) is 20.1 Å². The molecule has 1 N–H and O–H groups in total. The number of aromatic nitrogens is 3. The van der Waals surface area contributed by atoms with Crippen LogP contribution in [0.25, 0.3) is 5.82 Å². The first-order valence-corrected chi connectivity index (χ1v) is 6.44. The molecule has 0 radical (unpaired) electrons. The normalized spacial score (nSPS) is 15.0. The summed E-state index contributed by atoms with van der Waals surface area (Å²) in [6, 6.07) is 4.91. The van der Waals surface area contributed by atoms with E-state index in [1.54, 1.807) is 0 Å². The van der Waals surface area contributed by atoms with Crippen LogP contribution in [0.2, 0.25) is 0 Å². The van der Waals surface area contributed by atoms with Crippen LogP contribution in [0.3, 0.4) is 0 Å². The Labute approximate surface area is 107 Å². The van der Waals surface area contributed by atoms with Crippen LogP contribution in [0.15, 0.2) is 24.5 Å². The third-order valence-electron chi connectivity index (χ3n) is 3.29. The molecule has 2 aromatic rings. The van der Waals surface area contributed by atoms with Crippen molar-refractivity contribution >= 4 is 0 Å². The molecule has 94 valence electrons. The van der Waals surface area contributed by atoms with E-state index in [0.717, 1.165) is 29.7 Å². The van der Waals surface area contributed by atoms with Crippen molar-refractivity contribution in [3.63, 3.8) is 0 Å². The second-order valence-corrected chi connectivity index (χ2v) is 5.03. The first-order chi connectivity index (χ1) is 8.72. The monoisotopic (exact) mass is 242 g/mol. The molecule has 1 aliphatic carbocycles. The van der Waals surface area contributed by atoms with E-state index in [2.05, 4.69) is 28.4 Å². The van der Waals surface area contributed by atoms with Gasteiger partial charge in [0.05, 0.1) is 6.20 Å². The van der Waals surface area contributed by atoms with Gasteiger partial charge in [-0.05, 0) is 43.9 Å². The molecule has 18 heavy (non-hydrogen) atoms. The van der Waals surface area contributed by atoms with Gasteiger partial charge in [0, 0.05) is 24.5 Å². The number of hydrogen-bond acceptors (Lipinski definition) is 3. The fourth-order valence-electron chi connectivity index (χ4n) is 1.97. The van der Waals surface area contributed by atoms with Crippen LogP contribution in [0.1, 0.15) is 29.7 Å². The Morgan fingerprint density at radius 1 is 1.33 bits per heavy atom. The molecule has 0 aromatic carbocycles. The summed E-state index contributed by atoms with van der Waals surface area (Å²) < 4.78 is 1.82. The van der Waals surface area contributed by atoms with Crippen molar-refractivity contribution in [2.75, 3.05) is 0 Å². The van der Waals surface area contributed by atoms with Crippen molar-refractivity contribution in [3.8, 4) is 5.82 Å². The van der Waals surface area contributed by atoms with E-state index in [9.17, 15) is 0 Å². The van der Waals surface area contributed by atoms with Crippen LogP contribution in [-0.4, -0.2) is 20.8 Å². The van der Waals surface area contributed by atoms with Gasteiger partial charge in [-0.3, -0.25) is 0 Å². The van der Waals surface area contributed by atoms with Crippen LogP contribution in [0, 0.1) is 13.8 Å². The molecule has 0 amide bonds. The molecule has 0 atom stereocenters. The maximum absolute atomic E-state index is 4.62. The standard InChI is InChI=1S/C14H18N4/c1-10-7-16-18(9-10)14-6-3-12(11(2)17-14)8-15-13-4-5-13/h3,6-7,9,13,15H,4-5,8H2,1-2H3. The molecule has 2 heterocycles. The quantitative estimate of drug-likeness (QED) is 0.893. The number of nitrogens with zero attached hydrogens (tertiary/aromatic N) is 3. The highest BCUT2D eigenvalue weighted by molar-refractivity contribution is 5.30. The highest BCUT2D eigenvalue weighted by Gasteiger charge is 2.20. The maximum atomic E-state index is 4.62. The summed E-state index contributed by atoms with van der Waals surface area (Å²) in [6.45, 7) is 5.01. The Morgan fingerprint density at radius 3 is 2.78 bits per heavy atom. The smallest absolute Gasteiger partial charge is 0.153 e. The lowest BCUT2D eigenvalue weighted by atomic mass is 10.2. The third kappa shape index (κ3) is 2.43. The summed E-state index contributed by atoms with van der Waals surface area (Å²) in [5, 5.41) is 7.79. The molecule has 0 spiro atoms. The van der Waals surface area contributed by atoms with Crippen LogP contribution >= 0.6 is 0 Å². The Kier molecular flexibility index (Phi) is 2.88. The largest absolute Gasteiger partial charge is 0.310 e. The molecular formula is C14H18N4. The summed E-state index contributed by atoms with van der Waals surface area (Å²) in [7, 11) is 0. The molecule has 0 unspecified atom stereocenters. The molecule has 0 bridgehead atoms. The second kappa shape index (κ2) is 4.53. The molecule has 2 aromatic heterocycles. The predicted octanol–water partition coefficient (Wildman–Crippen LogP) is 2.14. The highest BCUT2D eigenvalue weighted by atomic mass is 15.3. The predicted molar refractivity (Wildman–Crippen MR) is 70.7 cm³/mol. The molecule has 3 rings (SSSR count). The second-order valence-electron chi connectivity index (χ2n) is 5.03. The fourth-order valence-corrected chi connectivity index (χ4v) is 1.97. The van der Waals surface area contributed by atoms with Crippen molar-refractivity contribution in [2.45, 2.75) is 39.3 Å². The van der Waals surface area contributed by atoms with E-state index in [4.69, 9.17) is 0 Å². The van der Waals surface area contributed by atoms with Gasteiger partial charge in [0.15, 0.2) is 5.82 Å². The number of aryl methyl sites for hydroxylation is 2. The van der Waals surface area contributed by atoms with E-state index in [1.807, 2.05) is 30.1 Å². The zero-order valence-corrected chi connectivity index (χ0v) is 10.8. The summed E-state index contributed by atoms with van der Waals surface area (Å²) in [5.74, 6) is 0.885. The molecule has 1 aliphatic rings. The zero-order chi connectivity index (χ0) is 12.5. The minimum atomic E-state index is 0.734. The average molecular weight is 242 g/mol. The van der Waals surface area contributed by atoms with Gasteiger partial charge >= 0.3 is 0 Å². The van der Waals surface area contributed by atoms with E-state index in [0.29, 0.717) is 0 Å². The van der Waals surface area contributed by atoms with Gasteiger partial charge in [-0.15, -0.1) is 0 Å². The van der Waals surface area contributed by atoms with E-state index < -0.39 is 0 Å². The van der Waals surface area contributed by atoms with Gasteiger partial charge in [0.25, 0.3) is 0 Å². The molecule has 0 saturated heterocycles. The lowest BCUT2D eigenvalue weighted by Crippen LogP contribution is -2.16. The van der Waals surface area contributed by atoms with E-state index in [-0.39, 0.29) is 0 Å². The Balaban J connectivity index is 1.79. The molecular weight excluding hydrogens is 224 g/mol. The third-order valence-corrected chi connectivity index (χ3v) is 3.29. The van der Waals surface area contributed by atoms with Gasteiger partial charge < -0.3 is 5.32 Å². The number of rotatable bonds is 4. The van der Waals surface area contributed by atoms with Crippen molar-refractivity contribution in [1.29, 1.82) is 0 Å². The van der Waals surface area contributed by atoms with Gasteiger partial charge in [-0.2, -0.15) is 5.10 Å². The Morgan fingerprint density at radius 2 is 2.17 bits per heavy atom. The van der Waals surface area contributed by atoms with E-state index in [1.165, 1.54) is 18.4 Å². The number of nitrogens with one attached hydrogen (secondary N) is 1. The number of pyridine rings is 1. The fraction of sp³-hybridized carbons (Fsp3) is 0.429. The topological polar surface area (TPSA) is 42.7 Å². The van der Waals surface area contributed by atoms with Crippen molar-refractivity contribution in [3.05, 3.63) is 41.3 Å². The first kappa shape index (κ1) is 11.4. The minimum Gasteiger partial charge on any atom is -0.310 e. The maximum Gasteiger partial charge on any atom is 0.153 e. The van der Waals surface area contributed by atoms with Gasteiger partial charge in [-0.25, -0.2) is 9.67 Å². The van der Waals surface area contributed by atoms with Crippen LogP contribution < -0.4 is 5.32 Å². The molecule has 1 saturated carbocycles. The lowest BCUT2D eigenvalue weighted by Gasteiger charge is -2.08. The summed E-state index contributed by atoms with van der Waals surface area (Å²) in [5.41, 5.74) is 3.50. The van der Waals surface area contributed by atoms with Crippen LogP contribution in [0.4, 0.5) is 0 Å². The summed E-state index contributed by atoms with van der Waals surface area (Å²) >= 11 is 0. The summed E-state index contributed by atoms with van der Waals surface area (Å²) in [4.78, 5) is 4.62. The highest BCUT2D eigenvalue weighted by Crippen LogP contribution is 2.20. The molecule has 1 fully saturated rings. The van der Waals surface area contributed by atoms with Crippen LogP contribution in [-0.2, 0) is 6.54 Å². The average Bonchev–Trinajstić information content (AvgIpc) is 3.08.